The van der Waals surface area contributed by atoms with Crippen molar-refractivity contribution in [2.45, 2.75) is 76.8 Å². The first-order valence-electron chi connectivity index (χ1n) is 9.62. The highest BCUT2D eigenvalue weighted by Gasteiger charge is 2.46. The average Bonchev–Trinajstić information content (AvgIpc) is 3.04. The summed E-state index contributed by atoms with van der Waals surface area (Å²) in [7, 11) is 0. The molecule has 6 heteroatoms. The maximum Gasteiger partial charge on any atom is 0.337 e. The molecule has 5 atom stereocenters. The number of esters is 1. The molecule has 0 aromatic rings. The minimum Gasteiger partial charge on any atom is -0.455 e. The summed E-state index contributed by atoms with van der Waals surface area (Å²) >= 11 is 0. The fourth-order valence-electron chi connectivity index (χ4n) is 4.25. The average molecular weight is 376 g/mol. The van der Waals surface area contributed by atoms with E-state index in [0.29, 0.717) is 25.0 Å². The highest BCUT2D eigenvalue weighted by atomic mass is 16.6. The van der Waals surface area contributed by atoms with Gasteiger partial charge in [0.2, 0.25) is 0 Å². The number of hydrogen-bond donors (Lipinski definition) is 0. The molecule has 148 valence electrons. The third kappa shape index (κ3) is 4.38. The van der Waals surface area contributed by atoms with Crippen molar-refractivity contribution in [2.75, 3.05) is 6.61 Å². The Morgan fingerprint density at radius 1 is 1.33 bits per heavy atom. The van der Waals surface area contributed by atoms with Gasteiger partial charge in [-0.15, -0.1) is 0 Å². The molecule has 0 radical (unpaired) electrons. The minimum absolute atomic E-state index is 0.0261. The third-order valence-electron chi connectivity index (χ3n) is 5.62. The molecule has 0 amide bonds. The lowest BCUT2D eigenvalue weighted by atomic mass is 9.86. The molecule has 3 heterocycles. The molecule has 3 aliphatic heterocycles. The molecule has 27 heavy (non-hydrogen) atoms. The smallest absolute Gasteiger partial charge is 0.337 e. The van der Waals surface area contributed by atoms with Crippen molar-refractivity contribution < 1.29 is 28.6 Å². The van der Waals surface area contributed by atoms with Crippen LogP contribution >= 0.6 is 0 Å². The summed E-state index contributed by atoms with van der Waals surface area (Å²) in [4.78, 5) is 37.4. The molecule has 3 aliphatic rings. The van der Waals surface area contributed by atoms with E-state index in [4.69, 9.17) is 14.2 Å². The Morgan fingerprint density at radius 3 is 2.74 bits per heavy atom. The maximum absolute atomic E-state index is 12.6. The van der Waals surface area contributed by atoms with Crippen LogP contribution in [0.25, 0.3) is 0 Å². The topological polar surface area (TPSA) is 78.9 Å². The fourth-order valence-corrected chi connectivity index (χ4v) is 4.25. The lowest BCUT2D eigenvalue weighted by Crippen LogP contribution is -2.31. The molecule has 5 unspecified atom stereocenters. The highest BCUT2D eigenvalue weighted by molar-refractivity contribution is 5.93. The van der Waals surface area contributed by atoms with Crippen LogP contribution in [0.4, 0.5) is 0 Å². The van der Waals surface area contributed by atoms with E-state index in [2.05, 4.69) is 6.58 Å². The monoisotopic (exact) mass is 376 g/mol. The summed E-state index contributed by atoms with van der Waals surface area (Å²) in [5, 5.41) is 0. The summed E-state index contributed by atoms with van der Waals surface area (Å²) < 4.78 is 17.3. The Hall–Kier alpha value is -1.79. The molecule has 3 rings (SSSR count). The van der Waals surface area contributed by atoms with Crippen LogP contribution in [0.3, 0.4) is 0 Å². The van der Waals surface area contributed by atoms with Gasteiger partial charge in [0.05, 0.1) is 17.3 Å². The van der Waals surface area contributed by atoms with Gasteiger partial charge in [-0.2, -0.15) is 0 Å². The van der Waals surface area contributed by atoms with E-state index in [-0.39, 0.29) is 36.7 Å². The Kier molecular flexibility index (Phi) is 5.68. The van der Waals surface area contributed by atoms with Gasteiger partial charge in [0, 0.05) is 32.3 Å². The van der Waals surface area contributed by atoms with Crippen molar-refractivity contribution in [3.8, 4) is 0 Å². The first-order chi connectivity index (χ1) is 12.7. The number of carbonyl (C=O) groups excluding carboxylic acids is 3. The molecule has 0 saturated carbocycles. The molecule has 0 N–H and O–H groups in total. The van der Waals surface area contributed by atoms with E-state index in [9.17, 15) is 14.4 Å². The van der Waals surface area contributed by atoms with Crippen molar-refractivity contribution in [1.29, 1.82) is 0 Å². The molecular formula is C21H28O6. The number of carbonyl (C=O) groups is 3. The van der Waals surface area contributed by atoms with Gasteiger partial charge in [-0.1, -0.05) is 12.2 Å². The second-order valence-electron chi connectivity index (χ2n) is 8.14. The summed E-state index contributed by atoms with van der Waals surface area (Å²) in [6.07, 6.45) is 1.64. The van der Waals surface area contributed by atoms with Crippen LogP contribution < -0.4 is 0 Å². The third-order valence-corrected chi connectivity index (χ3v) is 5.62. The number of hydrogen-bond acceptors (Lipinski definition) is 6. The van der Waals surface area contributed by atoms with Crippen LogP contribution in [-0.4, -0.2) is 48.1 Å². The zero-order valence-corrected chi connectivity index (χ0v) is 16.3. The van der Waals surface area contributed by atoms with Crippen molar-refractivity contribution in [3.63, 3.8) is 0 Å². The Bertz CT molecular complexity index is 693. The zero-order valence-electron chi connectivity index (χ0n) is 16.3. The van der Waals surface area contributed by atoms with Gasteiger partial charge >= 0.3 is 5.97 Å². The number of ether oxygens (including phenoxy) is 3. The molecule has 0 aromatic heterocycles. The molecule has 1 saturated heterocycles. The molecule has 0 spiro atoms. The van der Waals surface area contributed by atoms with Crippen LogP contribution in [0.2, 0.25) is 0 Å². The molecule has 0 aliphatic carbocycles. The zero-order chi connectivity index (χ0) is 19.8. The summed E-state index contributed by atoms with van der Waals surface area (Å²) in [6.45, 7) is 10.0. The number of ketones is 2. The van der Waals surface area contributed by atoms with E-state index in [1.807, 2.05) is 20.8 Å². The van der Waals surface area contributed by atoms with Gasteiger partial charge in [-0.3, -0.25) is 9.59 Å². The van der Waals surface area contributed by atoms with Crippen LogP contribution in [0.1, 0.15) is 52.9 Å². The number of rotatable bonds is 3. The van der Waals surface area contributed by atoms with Gasteiger partial charge in [0.15, 0.2) is 5.78 Å². The summed E-state index contributed by atoms with van der Waals surface area (Å²) in [5.41, 5.74) is 0.612. The Labute approximate surface area is 159 Å². The largest absolute Gasteiger partial charge is 0.455 e. The van der Waals surface area contributed by atoms with Crippen LogP contribution in [-0.2, 0) is 28.6 Å². The molecule has 6 nitrogen and oxygen atoms in total. The standard InChI is InChI=1S/C21H28O6/c1-5-25-18-7-13(12(2)3)6-14(22)8-19-17(23)11-21(4,27-19)10-15-9-16(18)20(24)26-15/h9,13,15,18-19H,2,5-8,10-11H2,1,3-4H3. The quantitative estimate of drug-likeness (QED) is 0.557. The SMILES string of the molecule is C=C(C)C1CC(=O)CC2OC(C)(CC2=O)CC2C=C(C(=O)O2)C(OCC)C1. The fraction of sp³-hybridized carbons (Fsp3) is 0.667. The number of allylic oxidation sites excluding steroid dienone is 1. The lowest BCUT2D eigenvalue weighted by molar-refractivity contribution is -0.144. The second-order valence-corrected chi connectivity index (χ2v) is 8.14. The van der Waals surface area contributed by atoms with Crippen LogP contribution in [0.15, 0.2) is 23.8 Å². The second kappa shape index (κ2) is 7.68. The van der Waals surface area contributed by atoms with Crippen molar-refractivity contribution in [3.05, 3.63) is 23.8 Å². The van der Waals surface area contributed by atoms with E-state index < -0.39 is 29.9 Å². The Balaban J connectivity index is 1.94. The number of fused-ring (bicyclic) bond motifs is 3. The highest BCUT2D eigenvalue weighted by Crippen LogP contribution is 2.38. The van der Waals surface area contributed by atoms with Crippen molar-refractivity contribution >= 4 is 17.5 Å². The lowest BCUT2D eigenvalue weighted by Gasteiger charge is -2.26. The molecular weight excluding hydrogens is 348 g/mol. The predicted octanol–water partition coefficient (Wildman–Crippen LogP) is 2.70. The normalized spacial score (nSPS) is 37.1. The molecule has 1 fully saturated rings. The van der Waals surface area contributed by atoms with Gasteiger partial charge in [0.1, 0.15) is 18.0 Å². The minimum atomic E-state index is -0.734. The van der Waals surface area contributed by atoms with Crippen molar-refractivity contribution in [1.82, 2.24) is 0 Å². The van der Waals surface area contributed by atoms with Crippen LogP contribution in [0, 0.1) is 5.92 Å². The summed E-state index contributed by atoms with van der Waals surface area (Å²) in [5.74, 6) is -0.616. The molecule has 4 bridgehead atoms. The summed E-state index contributed by atoms with van der Waals surface area (Å²) in [6, 6.07) is 0. The predicted molar refractivity (Wildman–Crippen MR) is 98.1 cm³/mol. The van der Waals surface area contributed by atoms with Gasteiger partial charge in [-0.25, -0.2) is 4.79 Å². The van der Waals surface area contributed by atoms with Crippen LogP contribution in [0.5, 0.6) is 0 Å². The number of Topliss-reactive ketones (excluding diaryl/α,β-unsaturated/α-hetero) is 2. The van der Waals surface area contributed by atoms with E-state index in [0.717, 1.165) is 5.57 Å². The van der Waals surface area contributed by atoms with E-state index >= 15 is 0 Å². The van der Waals surface area contributed by atoms with Gasteiger partial charge < -0.3 is 14.2 Å². The molecule has 0 aromatic carbocycles. The van der Waals surface area contributed by atoms with E-state index in [1.54, 1.807) is 6.08 Å². The van der Waals surface area contributed by atoms with Gasteiger partial charge in [-0.05, 0) is 39.2 Å². The van der Waals surface area contributed by atoms with Crippen molar-refractivity contribution in [2.24, 2.45) is 5.92 Å². The van der Waals surface area contributed by atoms with Gasteiger partial charge in [0.25, 0.3) is 0 Å². The first kappa shape index (κ1) is 20.0. The Morgan fingerprint density at radius 2 is 2.07 bits per heavy atom. The first-order valence-corrected chi connectivity index (χ1v) is 9.62. The van der Waals surface area contributed by atoms with E-state index in [1.165, 1.54) is 0 Å². The maximum atomic E-state index is 12.6.